The second-order valence-electron chi connectivity index (χ2n) is 7.21. The Morgan fingerprint density at radius 2 is 1.85 bits per heavy atom. The van der Waals surface area contributed by atoms with Gasteiger partial charge in [0.05, 0.1) is 32.7 Å². The Morgan fingerprint density at radius 3 is 2.61 bits per heavy atom. The lowest BCUT2D eigenvalue weighted by atomic mass is 10.1. The molecular formula is C24H18N6O2S. The quantitative estimate of drug-likeness (QED) is 0.309. The minimum atomic E-state index is -0.411. The molecule has 33 heavy (non-hydrogen) atoms. The van der Waals surface area contributed by atoms with Gasteiger partial charge in [-0.1, -0.05) is 53.8 Å². The summed E-state index contributed by atoms with van der Waals surface area (Å²) in [5.41, 5.74) is 5.53. The molecule has 2 aromatic carbocycles. The van der Waals surface area contributed by atoms with E-state index in [4.69, 9.17) is 0 Å². The first kappa shape index (κ1) is 20.5. The largest absolute Gasteiger partial charge is 0.288 e. The van der Waals surface area contributed by atoms with E-state index in [9.17, 15) is 9.59 Å². The van der Waals surface area contributed by atoms with E-state index in [0.717, 1.165) is 15.8 Å². The number of carbonyl (C=O) groups excluding carboxylic acids is 1. The number of benzene rings is 2. The molecule has 0 unspecified atom stereocenters. The Labute approximate surface area is 192 Å². The first-order valence-corrected chi connectivity index (χ1v) is 10.9. The summed E-state index contributed by atoms with van der Waals surface area (Å²) in [6.45, 7) is 1.68. The van der Waals surface area contributed by atoms with Gasteiger partial charge in [-0.3, -0.25) is 19.7 Å². The van der Waals surface area contributed by atoms with Crippen molar-refractivity contribution in [2.45, 2.75) is 6.92 Å². The number of nitrogens with zero attached hydrogens (tertiary/aromatic N) is 4. The van der Waals surface area contributed by atoms with Crippen molar-refractivity contribution in [1.82, 2.24) is 25.2 Å². The Balaban J connectivity index is 1.59. The topological polar surface area (TPSA) is 105 Å². The smallest absolute Gasteiger partial charge is 0.283 e. The molecule has 0 saturated carbocycles. The van der Waals surface area contributed by atoms with Crippen LogP contribution < -0.4 is 11.0 Å². The molecule has 162 valence electrons. The number of hydrogen-bond acceptors (Lipinski definition) is 6. The van der Waals surface area contributed by atoms with Crippen LogP contribution in [0.3, 0.4) is 0 Å². The highest BCUT2D eigenvalue weighted by molar-refractivity contribution is 7.20. The number of H-pyrrole nitrogens is 1. The van der Waals surface area contributed by atoms with Gasteiger partial charge in [0.2, 0.25) is 5.13 Å². The third-order valence-corrected chi connectivity index (χ3v) is 6.06. The molecule has 0 spiro atoms. The summed E-state index contributed by atoms with van der Waals surface area (Å²) in [5.74, 6) is -0.411. The molecule has 1 amide bonds. The van der Waals surface area contributed by atoms with Crippen molar-refractivity contribution in [3.05, 3.63) is 101 Å². The van der Waals surface area contributed by atoms with Gasteiger partial charge in [-0.25, -0.2) is 10.4 Å². The normalized spacial score (nSPS) is 11.6. The van der Waals surface area contributed by atoms with Crippen LogP contribution in [-0.2, 0) is 0 Å². The molecule has 3 aromatic heterocycles. The Bertz CT molecular complexity index is 1500. The van der Waals surface area contributed by atoms with Gasteiger partial charge in [0.25, 0.3) is 11.5 Å². The highest BCUT2D eigenvalue weighted by Gasteiger charge is 2.21. The fourth-order valence-corrected chi connectivity index (χ4v) is 4.35. The lowest BCUT2D eigenvalue weighted by Gasteiger charge is -2.03. The molecule has 0 aliphatic rings. The molecule has 0 aliphatic heterocycles. The summed E-state index contributed by atoms with van der Waals surface area (Å²) in [5, 5.41) is 7.92. The SMILES string of the molecule is C/C(=N\NC(=O)c1cccnc1)c1c(-c2ccccc2)[nH]n(-c2nc3ccccc3s2)c1=O. The summed E-state index contributed by atoms with van der Waals surface area (Å²) in [6.07, 6.45) is 3.04. The van der Waals surface area contributed by atoms with Crippen LogP contribution in [0.2, 0.25) is 0 Å². The van der Waals surface area contributed by atoms with Crippen LogP contribution in [0.4, 0.5) is 0 Å². The van der Waals surface area contributed by atoms with Gasteiger partial charge in [0.1, 0.15) is 0 Å². The van der Waals surface area contributed by atoms with Crippen LogP contribution >= 0.6 is 11.3 Å². The zero-order chi connectivity index (χ0) is 22.8. The van der Waals surface area contributed by atoms with Crippen molar-refractivity contribution in [2.24, 2.45) is 5.10 Å². The highest BCUT2D eigenvalue weighted by Crippen LogP contribution is 2.26. The van der Waals surface area contributed by atoms with Gasteiger partial charge < -0.3 is 0 Å². The lowest BCUT2D eigenvalue weighted by Crippen LogP contribution is -2.23. The number of aromatic nitrogens is 4. The number of fused-ring (bicyclic) bond motifs is 1. The zero-order valence-electron chi connectivity index (χ0n) is 17.5. The van der Waals surface area contributed by atoms with E-state index < -0.39 is 5.91 Å². The zero-order valence-corrected chi connectivity index (χ0v) is 18.3. The van der Waals surface area contributed by atoms with Gasteiger partial charge in [-0.05, 0) is 31.2 Å². The Hall–Kier alpha value is -4.37. The average molecular weight is 455 g/mol. The van der Waals surface area contributed by atoms with Gasteiger partial charge in [-0.15, -0.1) is 0 Å². The van der Waals surface area contributed by atoms with E-state index in [1.54, 1.807) is 25.3 Å². The van der Waals surface area contributed by atoms with E-state index in [1.165, 1.54) is 22.2 Å². The summed E-state index contributed by atoms with van der Waals surface area (Å²) >= 11 is 1.41. The third kappa shape index (κ3) is 3.97. The summed E-state index contributed by atoms with van der Waals surface area (Å²) in [6, 6.07) is 20.5. The maximum Gasteiger partial charge on any atom is 0.283 e. The minimum absolute atomic E-state index is 0.301. The van der Waals surface area contributed by atoms with Crippen molar-refractivity contribution in [1.29, 1.82) is 0 Å². The van der Waals surface area contributed by atoms with Crippen LogP contribution in [-0.4, -0.2) is 31.4 Å². The number of amides is 1. The third-order valence-electron chi connectivity index (χ3n) is 5.04. The predicted molar refractivity (Wildman–Crippen MR) is 129 cm³/mol. The molecule has 5 aromatic rings. The molecule has 0 bridgehead atoms. The van der Waals surface area contributed by atoms with Gasteiger partial charge in [0, 0.05) is 18.0 Å². The van der Waals surface area contributed by atoms with Gasteiger partial charge >= 0.3 is 0 Å². The monoisotopic (exact) mass is 454 g/mol. The Kier molecular flexibility index (Phi) is 5.37. The average Bonchev–Trinajstić information content (AvgIpc) is 3.44. The fraction of sp³-hybridized carbons (Fsp3) is 0.0417. The van der Waals surface area contributed by atoms with Crippen molar-refractivity contribution < 1.29 is 4.79 Å². The number of nitrogens with one attached hydrogen (secondary N) is 2. The second kappa shape index (κ2) is 8.64. The number of aromatic amines is 1. The molecule has 3 heterocycles. The Morgan fingerprint density at radius 1 is 1.06 bits per heavy atom. The van der Waals surface area contributed by atoms with Crippen LogP contribution in [0.1, 0.15) is 22.8 Å². The van der Waals surface area contributed by atoms with E-state index >= 15 is 0 Å². The second-order valence-corrected chi connectivity index (χ2v) is 8.22. The minimum Gasteiger partial charge on any atom is -0.288 e. The number of rotatable bonds is 5. The van der Waals surface area contributed by atoms with Gasteiger partial charge in [0.15, 0.2) is 0 Å². The number of para-hydroxylation sites is 1. The van der Waals surface area contributed by atoms with E-state index in [-0.39, 0.29) is 5.56 Å². The molecular weight excluding hydrogens is 436 g/mol. The number of carbonyl (C=O) groups is 1. The van der Waals surface area contributed by atoms with Crippen molar-refractivity contribution >= 4 is 33.2 Å². The van der Waals surface area contributed by atoms with E-state index in [1.807, 2.05) is 54.6 Å². The van der Waals surface area contributed by atoms with E-state index in [0.29, 0.717) is 27.7 Å². The van der Waals surface area contributed by atoms with Crippen molar-refractivity contribution in [3.63, 3.8) is 0 Å². The summed E-state index contributed by atoms with van der Waals surface area (Å²) in [7, 11) is 0. The van der Waals surface area contributed by atoms with Crippen molar-refractivity contribution in [2.75, 3.05) is 0 Å². The maximum atomic E-state index is 13.5. The summed E-state index contributed by atoms with van der Waals surface area (Å²) in [4.78, 5) is 34.4. The lowest BCUT2D eigenvalue weighted by molar-refractivity contribution is 0.0954. The maximum absolute atomic E-state index is 13.5. The predicted octanol–water partition coefficient (Wildman–Crippen LogP) is 3.99. The first-order valence-electron chi connectivity index (χ1n) is 10.1. The molecule has 5 rings (SSSR count). The molecule has 9 heteroatoms. The number of hydrazone groups is 1. The molecule has 0 atom stereocenters. The van der Waals surface area contributed by atoms with Crippen LogP contribution in [0.25, 0.3) is 26.6 Å². The standard InChI is InChI=1S/C24H18N6O2S/c1-15(27-28-22(31)17-10-7-13-25-14-17)20-21(16-8-3-2-4-9-16)29-30(23(20)32)24-26-18-11-5-6-12-19(18)33-24/h2-14,29H,1H3,(H,28,31)/b27-15+. The molecule has 8 nitrogen and oxygen atoms in total. The molecule has 0 fully saturated rings. The van der Waals surface area contributed by atoms with E-state index in [2.05, 4.69) is 25.6 Å². The summed E-state index contributed by atoms with van der Waals surface area (Å²) < 4.78 is 2.40. The molecule has 0 aliphatic carbocycles. The molecule has 0 radical (unpaired) electrons. The highest BCUT2D eigenvalue weighted by atomic mass is 32.1. The number of pyridine rings is 1. The van der Waals surface area contributed by atoms with Crippen LogP contribution in [0, 0.1) is 0 Å². The number of hydrogen-bond donors (Lipinski definition) is 2. The van der Waals surface area contributed by atoms with Crippen molar-refractivity contribution in [3.8, 4) is 16.4 Å². The number of thiazole rings is 1. The molecule has 0 saturated heterocycles. The van der Waals surface area contributed by atoms with Crippen LogP contribution in [0.15, 0.2) is 89.0 Å². The molecule has 2 N–H and O–H groups in total. The first-order chi connectivity index (χ1) is 16.1. The van der Waals surface area contributed by atoms with Crippen LogP contribution in [0.5, 0.6) is 0 Å². The fourth-order valence-electron chi connectivity index (χ4n) is 3.43. The van der Waals surface area contributed by atoms with Gasteiger partial charge in [-0.2, -0.15) is 9.78 Å².